The lowest BCUT2D eigenvalue weighted by Crippen LogP contribution is -2.37. The fraction of sp³-hybridized carbons (Fsp3) is 0.333. The van der Waals surface area contributed by atoms with Crippen molar-refractivity contribution in [2.45, 2.75) is 32.4 Å². The highest BCUT2D eigenvalue weighted by Crippen LogP contribution is 2.32. The molecule has 1 amide bonds. The van der Waals surface area contributed by atoms with Gasteiger partial charge in [-0.3, -0.25) is 4.79 Å². The molecule has 0 aromatic heterocycles. The standard InChI is InChI=1S/C21H22ClNO4/c1-14(16-8-9-16)23-20(24)13-27-21(25)18-4-2-3-5-19(18)26-12-15-6-10-17(22)11-7-15/h2-7,10-11,14,16H,8-9,12-13H2,1H3,(H,23,24)/t14-/m1/s1. The summed E-state index contributed by atoms with van der Waals surface area (Å²) < 4.78 is 10.9. The number of nitrogens with one attached hydrogen (secondary N) is 1. The summed E-state index contributed by atoms with van der Waals surface area (Å²) in [5, 5.41) is 3.51. The number of esters is 1. The molecule has 1 saturated carbocycles. The Morgan fingerprint density at radius 2 is 1.85 bits per heavy atom. The quantitative estimate of drug-likeness (QED) is 0.695. The molecular weight excluding hydrogens is 366 g/mol. The van der Waals surface area contributed by atoms with Crippen LogP contribution in [0.3, 0.4) is 0 Å². The number of rotatable bonds is 8. The van der Waals surface area contributed by atoms with Crippen LogP contribution in [-0.2, 0) is 16.1 Å². The topological polar surface area (TPSA) is 64.6 Å². The molecular formula is C21H22ClNO4. The van der Waals surface area contributed by atoms with Crippen molar-refractivity contribution in [1.82, 2.24) is 5.32 Å². The van der Waals surface area contributed by atoms with Gasteiger partial charge in [0.05, 0.1) is 0 Å². The summed E-state index contributed by atoms with van der Waals surface area (Å²) in [5.41, 5.74) is 1.21. The Hall–Kier alpha value is -2.53. The molecule has 1 aliphatic rings. The summed E-state index contributed by atoms with van der Waals surface area (Å²) in [6, 6.07) is 14.2. The van der Waals surface area contributed by atoms with E-state index in [1.807, 2.05) is 19.1 Å². The third kappa shape index (κ3) is 5.73. The SMILES string of the molecule is C[C@@H](NC(=O)COC(=O)c1ccccc1OCc1ccc(Cl)cc1)C1CC1. The predicted molar refractivity (Wildman–Crippen MR) is 103 cm³/mol. The van der Waals surface area contributed by atoms with Gasteiger partial charge < -0.3 is 14.8 Å². The van der Waals surface area contributed by atoms with Gasteiger partial charge >= 0.3 is 5.97 Å². The van der Waals surface area contributed by atoms with Crippen LogP contribution >= 0.6 is 11.6 Å². The minimum Gasteiger partial charge on any atom is -0.488 e. The largest absolute Gasteiger partial charge is 0.488 e. The molecule has 0 unspecified atom stereocenters. The van der Waals surface area contributed by atoms with Crippen molar-refractivity contribution in [3.63, 3.8) is 0 Å². The molecule has 1 fully saturated rings. The van der Waals surface area contributed by atoms with E-state index in [2.05, 4.69) is 5.32 Å². The van der Waals surface area contributed by atoms with Gasteiger partial charge in [0.2, 0.25) is 0 Å². The maximum Gasteiger partial charge on any atom is 0.342 e. The van der Waals surface area contributed by atoms with Crippen molar-refractivity contribution in [2.24, 2.45) is 5.92 Å². The van der Waals surface area contributed by atoms with Gasteiger partial charge in [-0.05, 0) is 55.5 Å². The molecule has 0 spiro atoms. The molecule has 2 aromatic carbocycles. The first-order valence-electron chi connectivity index (χ1n) is 8.95. The highest BCUT2D eigenvalue weighted by molar-refractivity contribution is 6.30. The van der Waals surface area contributed by atoms with E-state index < -0.39 is 5.97 Å². The summed E-state index contributed by atoms with van der Waals surface area (Å²) in [5.74, 6) is 0.0779. The van der Waals surface area contributed by atoms with E-state index >= 15 is 0 Å². The Labute approximate surface area is 163 Å². The third-order valence-electron chi connectivity index (χ3n) is 4.47. The molecule has 5 nitrogen and oxygen atoms in total. The van der Waals surface area contributed by atoms with Crippen LogP contribution in [0.2, 0.25) is 5.02 Å². The normalized spacial score (nSPS) is 14.3. The fourth-order valence-corrected chi connectivity index (χ4v) is 2.85. The van der Waals surface area contributed by atoms with Gasteiger partial charge in [-0.2, -0.15) is 0 Å². The average molecular weight is 388 g/mol. The summed E-state index contributed by atoms with van der Waals surface area (Å²) in [4.78, 5) is 24.3. The Morgan fingerprint density at radius 1 is 1.15 bits per heavy atom. The first-order chi connectivity index (χ1) is 13.0. The summed E-state index contributed by atoms with van der Waals surface area (Å²) in [7, 11) is 0. The first kappa shape index (κ1) is 19.2. The predicted octanol–water partition coefficient (Wildman–Crippen LogP) is 3.99. The number of hydrogen-bond acceptors (Lipinski definition) is 4. The zero-order valence-corrected chi connectivity index (χ0v) is 15.9. The van der Waals surface area contributed by atoms with Crippen LogP contribution in [0.15, 0.2) is 48.5 Å². The zero-order chi connectivity index (χ0) is 19.2. The Kier molecular flexibility index (Phi) is 6.35. The number of hydrogen-bond donors (Lipinski definition) is 1. The van der Waals surface area contributed by atoms with Crippen molar-refractivity contribution >= 4 is 23.5 Å². The van der Waals surface area contributed by atoms with E-state index in [4.69, 9.17) is 21.1 Å². The van der Waals surface area contributed by atoms with Gasteiger partial charge in [0.25, 0.3) is 5.91 Å². The van der Waals surface area contributed by atoms with E-state index in [0.717, 1.165) is 18.4 Å². The van der Waals surface area contributed by atoms with Crippen molar-refractivity contribution < 1.29 is 19.1 Å². The average Bonchev–Trinajstić information content (AvgIpc) is 3.51. The Morgan fingerprint density at radius 3 is 2.56 bits per heavy atom. The number of halogens is 1. The molecule has 2 aromatic rings. The Bertz CT molecular complexity index is 802. The lowest BCUT2D eigenvalue weighted by molar-refractivity contribution is -0.125. The second kappa shape index (κ2) is 8.91. The van der Waals surface area contributed by atoms with Crippen LogP contribution in [0, 0.1) is 5.92 Å². The van der Waals surface area contributed by atoms with Crippen LogP contribution in [0.1, 0.15) is 35.7 Å². The number of para-hydroxylation sites is 1. The molecule has 0 bridgehead atoms. The van der Waals surface area contributed by atoms with Crippen molar-refractivity contribution in [3.05, 3.63) is 64.7 Å². The van der Waals surface area contributed by atoms with E-state index in [-0.39, 0.29) is 24.1 Å². The maximum atomic E-state index is 12.4. The van der Waals surface area contributed by atoms with E-state index in [0.29, 0.717) is 23.3 Å². The summed E-state index contributed by atoms with van der Waals surface area (Å²) in [6.07, 6.45) is 2.28. The van der Waals surface area contributed by atoms with Gasteiger partial charge in [0.1, 0.15) is 17.9 Å². The Balaban J connectivity index is 1.54. The van der Waals surface area contributed by atoms with Crippen LogP contribution in [0.4, 0.5) is 0 Å². The fourth-order valence-electron chi connectivity index (χ4n) is 2.72. The molecule has 0 aliphatic heterocycles. The molecule has 1 aliphatic carbocycles. The summed E-state index contributed by atoms with van der Waals surface area (Å²) >= 11 is 5.87. The number of carbonyl (C=O) groups is 2. The highest BCUT2D eigenvalue weighted by atomic mass is 35.5. The second-order valence-corrected chi connectivity index (χ2v) is 7.12. The van der Waals surface area contributed by atoms with Crippen molar-refractivity contribution in [2.75, 3.05) is 6.61 Å². The van der Waals surface area contributed by atoms with E-state index in [9.17, 15) is 9.59 Å². The lowest BCUT2D eigenvalue weighted by atomic mass is 10.2. The van der Waals surface area contributed by atoms with E-state index in [1.165, 1.54) is 0 Å². The maximum absolute atomic E-state index is 12.4. The molecule has 0 saturated heterocycles. The molecule has 6 heteroatoms. The molecule has 0 radical (unpaired) electrons. The van der Waals surface area contributed by atoms with Crippen molar-refractivity contribution in [1.29, 1.82) is 0 Å². The monoisotopic (exact) mass is 387 g/mol. The minimum atomic E-state index is -0.587. The molecule has 3 rings (SSSR count). The lowest BCUT2D eigenvalue weighted by Gasteiger charge is -2.14. The van der Waals surface area contributed by atoms with Crippen LogP contribution < -0.4 is 10.1 Å². The van der Waals surface area contributed by atoms with Gasteiger partial charge in [0.15, 0.2) is 6.61 Å². The third-order valence-corrected chi connectivity index (χ3v) is 4.72. The molecule has 142 valence electrons. The number of carbonyl (C=O) groups excluding carboxylic acids is 2. The molecule has 1 N–H and O–H groups in total. The first-order valence-corrected chi connectivity index (χ1v) is 9.33. The van der Waals surface area contributed by atoms with Gasteiger partial charge in [-0.1, -0.05) is 35.9 Å². The van der Waals surface area contributed by atoms with Crippen LogP contribution in [0.25, 0.3) is 0 Å². The smallest absolute Gasteiger partial charge is 0.342 e. The van der Waals surface area contributed by atoms with E-state index in [1.54, 1.807) is 36.4 Å². The zero-order valence-electron chi connectivity index (χ0n) is 15.1. The molecule has 0 heterocycles. The van der Waals surface area contributed by atoms with Gasteiger partial charge in [-0.15, -0.1) is 0 Å². The van der Waals surface area contributed by atoms with Gasteiger partial charge in [-0.25, -0.2) is 4.79 Å². The second-order valence-electron chi connectivity index (χ2n) is 6.68. The van der Waals surface area contributed by atoms with Gasteiger partial charge in [0, 0.05) is 11.1 Å². The minimum absolute atomic E-state index is 0.117. The molecule has 1 atom stereocenters. The molecule has 27 heavy (non-hydrogen) atoms. The number of amides is 1. The number of benzene rings is 2. The van der Waals surface area contributed by atoms with Crippen molar-refractivity contribution in [3.8, 4) is 5.75 Å². The summed E-state index contributed by atoms with van der Waals surface area (Å²) in [6.45, 7) is 1.96. The number of ether oxygens (including phenoxy) is 2. The van der Waals surface area contributed by atoms with Crippen LogP contribution in [0.5, 0.6) is 5.75 Å². The highest BCUT2D eigenvalue weighted by Gasteiger charge is 2.29. The van der Waals surface area contributed by atoms with Crippen LogP contribution in [-0.4, -0.2) is 24.5 Å².